The lowest BCUT2D eigenvalue weighted by molar-refractivity contribution is 0.0570. The number of benzene rings is 2. The van der Waals surface area contributed by atoms with Crippen LogP contribution in [0.5, 0.6) is 0 Å². The van der Waals surface area contributed by atoms with E-state index in [-0.39, 0.29) is 16.9 Å². The van der Waals surface area contributed by atoms with Gasteiger partial charge < -0.3 is 14.5 Å². The highest BCUT2D eigenvalue weighted by molar-refractivity contribution is 7.93. The SMILES string of the molecule is CCOC(=O)N1CCN(C(=O)c2ccc(NS(=O)(=O)c3cccc4cccnc34)cc2)CC1. The van der Waals surface area contributed by atoms with Crippen molar-refractivity contribution in [1.29, 1.82) is 0 Å². The van der Waals surface area contributed by atoms with Crippen molar-refractivity contribution < 1.29 is 22.7 Å². The van der Waals surface area contributed by atoms with Crippen LogP contribution in [-0.2, 0) is 14.8 Å². The summed E-state index contributed by atoms with van der Waals surface area (Å²) in [6.45, 7) is 3.68. The first-order valence-electron chi connectivity index (χ1n) is 10.6. The van der Waals surface area contributed by atoms with Crippen LogP contribution in [0.3, 0.4) is 0 Å². The molecular formula is C23H24N4O5S. The van der Waals surface area contributed by atoms with Crippen LogP contribution in [0, 0.1) is 0 Å². The van der Waals surface area contributed by atoms with E-state index in [0.717, 1.165) is 5.39 Å². The molecule has 2 amide bonds. The number of sulfonamides is 1. The van der Waals surface area contributed by atoms with Crippen LogP contribution in [-0.4, -0.2) is 68.0 Å². The number of nitrogens with one attached hydrogen (secondary N) is 1. The van der Waals surface area contributed by atoms with Crippen molar-refractivity contribution in [2.45, 2.75) is 11.8 Å². The summed E-state index contributed by atoms with van der Waals surface area (Å²) in [7, 11) is -3.87. The second-order valence-corrected chi connectivity index (χ2v) is 9.14. The monoisotopic (exact) mass is 468 g/mol. The van der Waals surface area contributed by atoms with Crippen LogP contribution in [0.1, 0.15) is 17.3 Å². The molecule has 0 unspecified atom stereocenters. The number of ether oxygens (including phenoxy) is 1. The molecule has 2 aromatic carbocycles. The topological polar surface area (TPSA) is 109 Å². The molecule has 0 saturated carbocycles. The summed E-state index contributed by atoms with van der Waals surface area (Å²) >= 11 is 0. The number of rotatable bonds is 5. The molecule has 0 bridgehead atoms. The highest BCUT2D eigenvalue weighted by atomic mass is 32.2. The molecule has 2 heterocycles. The molecule has 0 atom stereocenters. The Kier molecular flexibility index (Phi) is 6.45. The number of amides is 2. The molecule has 10 heteroatoms. The number of aromatic nitrogens is 1. The van der Waals surface area contributed by atoms with Gasteiger partial charge in [0, 0.05) is 49.0 Å². The fourth-order valence-electron chi connectivity index (χ4n) is 3.67. The predicted molar refractivity (Wildman–Crippen MR) is 123 cm³/mol. The molecule has 1 aromatic heterocycles. The number of hydrogen-bond donors (Lipinski definition) is 1. The largest absolute Gasteiger partial charge is 0.450 e. The van der Waals surface area contributed by atoms with Gasteiger partial charge in [0.2, 0.25) is 0 Å². The first-order valence-corrected chi connectivity index (χ1v) is 12.0. The fraction of sp³-hybridized carbons (Fsp3) is 0.261. The Morgan fingerprint density at radius 2 is 1.64 bits per heavy atom. The highest BCUT2D eigenvalue weighted by Crippen LogP contribution is 2.23. The van der Waals surface area contributed by atoms with Crippen LogP contribution in [0.25, 0.3) is 10.9 Å². The Hall–Kier alpha value is -3.66. The average molecular weight is 469 g/mol. The number of piperazine rings is 1. The summed E-state index contributed by atoms with van der Waals surface area (Å²) in [5.41, 5.74) is 1.17. The fourth-order valence-corrected chi connectivity index (χ4v) is 4.91. The van der Waals surface area contributed by atoms with Crippen molar-refractivity contribution in [2.75, 3.05) is 37.5 Å². The molecule has 1 N–H and O–H groups in total. The van der Waals surface area contributed by atoms with Crippen molar-refractivity contribution in [2.24, 2.45) is 0 Å². The zero-order valence-electron chi connectivity index (χ0n) is 18.1. The van der Waals surface area contributed by atoms with Crippen LogP contribution in [0.15, 0.2) is 65.7 Å². The number of anilines is 1. The van der Waals surface area contributed by atoms with Gasteiger partial charge in [-0.3, -0.25) is 14.5 Å². The van der Waals surface area contributed by atoms with E-state index in [0.29, 0.717) is 49.6 Å². The molecule has 1 saturated heterocycles. The maximum absolute atomic E-state index is 12.9. The van der Waals surface area contributed by atoms with Crippen molar-refractivity contribution in [3.05, 3.63) is 66.4 Å². The number of para-hydroxylation sites is 1. The summed E-state index contributed by atoms with van der Waals surface area (Å²) in [5, 5.41) is 0.726. The number of fused-ring (bicyclic) bond motifs is 1. The van der Waals surface area contributed by atoms with Gasteiger partial charge in [0.15, 0.2) is 0 Å². The molecule has 1 aliphatic rings. The van der Waals surface area contributed by atoms with Gasteiger partial charge in [-0.15, -0.1) is 0 Å². The predicted octanol–water partition coefficient (Wildman–Crippen LogP) is 2.95. The van der Waals surface area contributed by atoms with Crippen LogP contribution < -0.4 is 4.72 Å². The lowest BCUT2D eigenvalue weighted by Crippen LogP contribution is -2.50. The van der Waals surface area contributed by atoms with Crippen molar-refractivity contribution in [1.82, 2.24) is 14.8 Å². The zero-order chi connectivity index (χ0) is 23.4. The maximum Gasteiger partial charge on any atom is 0.409 e. The summed E-state index contributed by atoms with van der Waals surface area (Å²) in [5.74, 6) is -0.175. The Labute approximate surface area is 192 Å². The molecular weight excluding hydrogens is 444 g/mol. The van der Waals surface area contributed by atoms with Gasteiger partial charge in [-0.25, -0.2) is 13.2 Å². The highest BCUT2D eigenvalue weighted by Gasteiger charge is 2.25. The lowest BCUT2D eigenvalue weighted by atomic mass is 10.1. The van der Waals surface area contributed by atoms with Crippen molar-refractivity contribution in [3.63, 3.8) is 0 Å². The van der Waals surface area contributed by atoms with E-state index >= 15 is 0 Å². The molecule has 1 aliphatic heterocycles. The zero-order valence-corrected chi connectivity index (χ0v) is 18.9. The van der Waals surface area contributed by atoms with E-state index < -0.39 is 10.0 Å². The van der Waals surface area contributed by atoms with Crippen LogP contribution in [0.2, 0.25) is 0 Å². The third-order valence-corrected chi connectivity index (χ3v) is 6.78. The van der Waals surface area contributed by atoms with Crippen molar-refractivity contribution in [3.8, 4) is 0 Å². The number of carbonyl (C=O) groups is 2. The van der Waals surface area contributed by atoms with Gasteiger partial charge in [-0.2, -0.15) is 0 Å². The Balaban J connectivity index is 1.43. The van der Waals surface area contributed by atoms with E-state index in [1.807, 2.05) is 0 Å². The number of pyridine rings is 1. The van der Waals surface area contributed by atoms with E-state index in [2.05, 4.69) is 9.71 Å². The molecule has 0 spiro atoms. The second-order valence-electron chi connectivity index (χ2n) is 7.49. The van der Waals surface area contributed by atoms with Gasteiger partial charge >= 0.3 is 6.09 Å². The molecule has 3 aromatic rings. The normalized spacial score (nSPS) is 14.2. The molecule has 0 radical (unpaired) electrons. The van der Waals surface area contributed by atoms with Gasteiger partial charge in [0.1, 0.15) is 4.90 Å². The third-order valence-electron chi connectivity index (χ3n) is 5.36. The summed E-state index contributed by atoms with van der Waals surface area (Å²) in [6.07, 6.45) is 1.18. The van der Waals surface area contributed by atoms with Gasteiger partial charge in [0.25, 0.3) is 15.9 Å². The Morgan fingerprint density at radius 3 is 2.33 bits per heavy atom. The summed E-state index contributed by atoms with van der Waals surface area (Å²) in [4.78, 5) is 32.1. The average Bonchev–Trinajstić information content (AvgIpc) is 2.84. The second kappa shape index (κ2) is 9.45. The van der Waals surface area contributed by atoms with Gasteiger partial charge in [-0.05, 0) is 43.3 Å². The summed E-state index contributed by atoms with van der Waals surface area (Å²) < 4.78 is 33.4. The first-order chi connectivity index (χ1) is 15.9. The minimum Gasteiger partial charge on any atom is -0.450 e. The maximum atomic E-state index is 12.9. The molecule has 4 rings (SSSR count). The third kappa shape index (κ3) is 4.90. The molecule has 172 valence electrons. The molecule has 1 fully saturated rings. The standard InChI is InChI=1S/C23H24N4O5S/c1-2-32-23(29)27-15-13-26(14-16-27)22(28)18-8-10-19(11-9-18)25-33(30,31)20-7-3-5-17-6-4-12-24-21(17)20/h3-12,25H,2,13-16H2,1H3. The molecule has 9 nitrogen and oxygen atoms in total. The van der Waals surface area contributed by atoms with E-state index in [4.69, 9.17) is 4.74 Å². The Morgan fingerprint density at radius 1 is 0.970 bits per heavy atom. The number of nitrogens with zero attached hydrogens (tertiary/aromatic N) is 3. The molecule has 0 aliphatic carbocycles. The number of carbonyl (C=O) groups excluding carboxylic acids is 2. The van der Waals surface area contributed by atoms with Crippen molar-refractivity contribution >= 4 is 38.6 Å². The lowest BCUT2D eigenvalue weighted by Gasteiger charge is -2.34. The smallest absolute Gasteiger partial charge is 0.409 e. The minimum atomic E-state index is -3.87. The van der Waals surface area contributed by atoms with Gasteiger partial charge in [0.05, 0.1) is 12.1 Å². The van der Waals surface area contributed by atoms with Crippen LogP contribution in [0.4, 0.5) is 10.5 Å². The summed E-state index contributed by atoms with van der Waals surface area (Å²) in [6, 6.07) is 14.8. The molecule has 33 heavy (non-hydrogen) atoms. The van der Waals surface area contributed by atoms with E-state index in [1.54, 1.807) is 71.5 Å². The quantitative estimate of drug-likeness (QED) is 0.617. The number of hydrogen-bond acceptors (Lipinski definition) is 6. The van der Waals surface area contributed by atoms with E-state index in [9.17, 15) is 18.0 Å². The Bertz CT molecular complexity index is 1260. The van der Waals surface area contributed by atoms with Crippen LogP contribution >= 0.6 is 0 Å². The van der Waals surface area contributed by atoms with Gasteiger partial charge in [-0.1, -0.05) is 18.2 Å². The minimum absolute atomic E-state index is 0.0835. The first kappa shape index (κ1) is 22.5. The van der Waals surface area contributed by atoms with E-state index in [1.165, 1.54) is 6.07 Å².